The Hall–Kier alpha value is -1.84. The quantitative estimate of drug-likeness (QED) is 0.863. The van der Waals surface area contributed by atoms with E-state index in [-0.39, 0.29) is 18.7 Å². The Balaban J connectivity index is 2.26. The Kier molecular flexibility index (Phi) is 5.10. The predicted octanol–water partition coefficient (Wildman–Crippen LogP) is 1.67. The summed E-state index contributed by atoms with van der Waals surface area (Å²) in [7, 11) is 0. The number of amides is 1. The van der Waals surface area contributed by atoms with E-state index < -0.39 is 24.8 Å². The van der Waals surface area contributed by atoms with E-state index in [1.807, 2.05) is 0 Å². The molecule has 0 unspecified atom stereocenters. The molecule has 0 aliphatic heterocycles. The number of nitrogens with one attached hydrogen (secondary N) is 1. The number of carbonyl (C=O) groups is 2. The van der Waals surface area contributed by atoms with Gasteiger partial charge in [0, 0.05) is 18.3 Å². The van der Waals surface area contributed by atoms with Crippen LogP contribution in [0.4, 0.5) is 18.0 Å². The molecule has 0 fully saturated rings. The maximum absolute atomic E-state index is 11.7. The molecule has 0 spiro atoms. The summed E-state index contributed by atoms with van der Waals surface area (Å²) in [5, 5.41) is 12.5. The van der Waals surface area contributed by atoms with Gasteiger partial charge in [0.15, 0.2) is 12.3 Å². The van der Waals surface area contributed by atoms with Crippen LogP contribution in [0, 0.1) is 0 Å². The van der Waals surface area contributed by atoms with Crippen molar-refractivity contribution in [1.29, 1.82) is 0 Å². The topological polar surface area (TPSA) is 88.5 Å². The van der Waals surface area contributed by atoms with Crippen LogP contribution in [0.15, 0.2) is 5.38 Å². The van der Waals surface area contributed by atoms with Crippen molar-refractivity contribution in [3.8, 4) is 0 Å². The van der Waals surface area contributed by atoms with Crippen LogP contribution in [0.5, 0.6) is 0 Å². The van der Waals surface area contributed by atoms with Gasteiger partial charge in [0.2, 0.25) is 0 Å². The second kappa shape index (κ2) is 6.36. The molecule has 1 aromatic rings. The number of nitrogens with zero attached hydrogens (tertiary/aromatic N) is 1. The smallest absolute Gasteiger partial charge is 0.422 e. The van der Waals surface area contributed by atoms with Gasteiger partial charge in [-0.2, -0.15) is 13.2 Å². The molecular formula is C9H9F3N2O4S. The summed E-state index contributed by atoms with van der Waals surface area (Å²) < 4.78 is 39.0. The molecule has 0 saturated heterocycles. The number of carboxylic acids is 1. The van der Waals surface area contributed by atoms with Gasteiger partial charge in [-0.1, -0.05) is 0 Å². The van der Waals surface area contributed by atoms with Crippen molar-refractivity contribution in [2.24, 2.45) is 0 Å². The Morgan fingerprint density at radius 2 is 2.16 bits per heavy atom. The lowest BCUT2D eigenvalue weighted by atomic mass is 10.4. The first-order chi connectivity index (χ1) is 8.78. The van der Waals surface area contributed by atoms with E-state index in [4.69, 9.17) is 5.11 Å². The standard InChI is InChI=1S/C9H9F3N2O4S/c10-9(11,12)4-18-8(17)13-2-1-6-14-5(3-19-6)7(15)16/h3H,1-2,4H2,(H,13,17)(H,15,16). The van der Waals surface area contributed by atoms with Gasteiger partial charge >= 0.3 is 18.2 Å². The lowest BCUT2D eigenvalue weighted by molar-refractivity contribution is -0.160. The SMILES string of the molecule is O=C(NCCc1nc(C(=O)O)cs1)OCC(F)(F)F. The number of carboxylic acid groups (broad SMARTS) is 1. The van der Waals surface area contributed by atoms with E-state index >= 15 is 0 Å². The molecule has 1 amide bonds. The second-order valence-electron chi connectivity index (χ2n) is 3.30. The Bertz CT molecular complexity index is 461. The molecule has 10 heteroatoms. The van der Waals surface area contributed by atoms with Crippen molar-refractivity contribution in [2.75, 3.05) is 13.2 Å². The molecule has 19 heavy (non-hydrogen) atoms. The molecule has 2 N–H and O–H groups in total. The average molecular weight is 298 g/mol. The highest BCUT2D eigenvalue weighted by atomic mass is 32.1. The Morgan fingerprint density at radius 1 is 1.47 bits per heavy atom. The summed E-state index contributed by atoms with van der Waals surface area (Å²) in [6, 6.07) is 0. The molecule has 106 valence electrons. The Morgan fingerprint density at radius 3 is 2.68 bits per heavy atom. The van der Waals surface area contributed by atoms with Gasteiger partial charge in [-0.15, -0.1) is 11.3 Å². The molecule has 1 heterocycles. The number of alkyl carbamates (subject to hydrolysis) is 1. The van der Waals surface area contributed by atoms with Crippen molar-refractivity contribution >= 4 is 23.4 Å². The molecule has 0 aliphatic rings. The van der Waals surface area contributed by atoms with E-state index in [0.29, 0.717) is 5.01 Å². The highest BCUT2D eigenvalue weighted by Crippen LogP contribution is 2.14. The molecule has 0 aromatic carbocycles. The van der Waals surface area contributed by atoms with E-state index in [2.05, 4.69) is 15.0 Å². The first kappa shape index (κ1) is 15.2. The van der Waals surface area contributed by atoms with Crippen LogP contribution in [0.3, 0.4) is 0 Å². The summed E-state index contributed by atoms with van der Waals surface area (Å²) in [6.45, 7) is -1.65. The van der Waals surface area contributed by atoms with Crippen LogP contribution in [0.2, 0.25) is 0 Å². The lowest BCUT2D eigenvalue weighted by Gasteiger charge is -2.08. The monoisotopic (exact) mass is 298 g/mol. The van der Waals surface area contributed by atoms with Crippen LogP contribution in [-0.2, 0) is 11.2 Å². The number of rotatable bonds is 5. The van der Waals surface area contributed by atoms with E-state index in [1.165, 1.54) is 5.38 Å². The van der Waals surface area contributed by atoms with Gasteiger partial charge in [-0.3, -0.25) is 0 Å². The Labute approximate surface area is 109 Å². The van der Waals surface area contributed by atoms with Gasteiger partial charge in [0.05, 0.1) is 5.01 Å². The number of halogens is 3. The third-order valence-corrected chi connectivity index (χ3v) is 2.65. The van der Waals surface area contributed by atoms with Gasteiger partial charge in [-0.05, 0) is 0 Å². The molecule has 0 atom stereocenters. The third-order valence-electron chi connectivity index (χ3n) is 1.75. The van der Waals surface area contributed by atoms with Crippen molar-refractivity contribution in [3.05, 3.63) is 16.1 Å². The number of thiazole rings is 1. The molecule has 1 rings (SSSR count). The number of aromatic carboxylic acids is 1. The highest BCUT2D eigenvalue weighted by Gasteiger charge is 2.29. The zero-order valence-corrected chi connectivity index (χ0v) is 10.2. The van der Waals surface area contributed by atoms with Crippen LogP contribution in [0.1, 0.15) is 15.5 Å². The zero-order valence-electron chi connectivity index (χ0n) is 9.36. The minimum absolute atomic E-state index is 0.00324. The molecule has 0 aliphatic carbocycles. The normalized spacial score (nSPS) is 11.1. The number of alkyl halides is 3. The number of hydrogen-bond acceptors (Lipinski definition) is 5. The zero-order chi connectivity index (χ0) is 14.5. The van der Waals surface area contributed by atoms with E-state index in [9.17, 15) is 22.8 Å². The molecule has 1 aromatic heterocycles. The van der Waals surface area contributed by atoms with Gasteiger partial charge in [0.25, 0.3) is 0 Å². The van der Waals surface area contributed by atoms with Gasteiger partial charge in [-0.25, -0.2) is 14.6 Å². The van der Waals surface area contributed by atoms with Crippen molar-refractivity contribution in [1.82, 2.24) is 10.3 Å². The van der Waals surface area contributed by atoms with Gasteiger partial charge in [0.1, 0.15) is 0 Å². The summed E-state index contributed by atoms with van der Waals surface area (Å²) in [5.41, 5.74) is -0.111. The second-order valence-corrected chi connectivity index (χ2v) is 4.24. The summed E-state index contributed by atoms with van der Waals surface area (Å²) in [5.74, 6) is -1.17. The summed E-state index contributed by atoms with van der Waals surface area (Å²) in [4.78, 5) is 25.1. The van der Waals surface area contributed by atoms with Crippen molar-refractivity contribution in [2.45, 2.75) is 12.6 Å². The lowest BCUT2D eigenvalue weighted by Crippen LogP contribution is -2.30. The number of ether oxygens (including phenoxy) is 1. The maximum Gasteiger partial charge on any atom is 0.422 e. The minimum atomic E-state index is -4.57. The summed E-state index contributed by atoms with van der Waals surface area (Å²) >= 11 is 1.08. The van der Waals surface area contributed by atoms with Crippen LogP contribution in [0.25, 0.3) is 0 Å². The molecular weight excluding hydrogens is 289 g/mol. The van der Waals surface area contributed by atoms with Crippen LogP contribution >= 0.6 is 11.3 Å². The number of hydrogen-bond donors (Lipinski definition) is 2. The first-order valence-corrected chi connectivity index (χ1v) is 5.81. The van der Waals surface area contributed by atoms with E-state index in [1.54, 1.807) is 0 Å². The average Bonchev–Trinajstić information content (AvgIpc) is 2.74. The van der Waals surface area contributed by atoms with Crippen molar-refractivity contribution < 1.29 is 32.6 Å². The fourth-order valence-electron chi connectivity index (χ4n) is 0.994. The molecule has 6 nitrogen and oxygen atoms in total. The molecule has 0 bridgehead atoms. The first-order valence-electron chi connectivity index (χ1n) is 4.93. The fourth-order valence-corrected chi connectivity index (χ4v) is 1.77. The van der Waals surface area contributed by atoms with Crippen molar-refractivity contribution in [3.63, 3.8) is 0 Å². The third kappa shape index (κ3) is 6.04. The minimum Gasteiger partial charge on any atom is -0.476 e. The maximum atomic E-state index is 11.7. The fraction of sp³-hybridized carbons (Fsp3) is 0.444. The predicted molar refractivity (Wildman–Crippen MR) is 58.2 cm³/mol. The number of carbonyl (C=O) groups excluding carboxylic acids is 1. The summed E-state index contributed by atoms with van der Waals surface area (Å²) in [6.07, 6.45) is -5.55. The largest absolute Gasteiger partial charge is 0.476 e. The highest BCUT2D eigenvalue weighted by molar-refractivity contribution is 7.09. The van der Waals surface area contributed by atoms with Gasteiger partial charge < -0.3 is 15.2 Å². The molecule has 0 saturated carbocycles. The number of aromatic nitrogens is 1. The van der Waals surface area contributed by atoms with Crippen LogP contribution < -0.4 is 5.32 Å². The van der Waals surface area contributed by atoms with Crippen LogP contribution in [-0.4, -0.2) is 41.5 Å². The van der Waals surface area contributed by atoms with E-state index in [0.717, 1.165) is 11.3 Å². The molecule has 0 radical (unpaired) electrons.